The summed E-state index contributed by atoms with van der Waals surface area (Å²) in [5.41, 5.74) is 0. The molecule has 572 valence electrons. The molecule has 0 aliphatic heterocycles. The number of allylic oxidation sites excluding steroid dienone is 4. The molecule has 0 saturated heterocycles. The van der Waals surface area contributed by atoms with Crippen LogP contribution in [0.4, 0.5) is 0 Å². The number of aliphatic hydroxyl groups is 1. The summed E-state index contributed by atoms with van der Waals surface area (Å²) >= 11 is 0. The molecule has 0 spiro atoms. The number of carbonyl (C=O) groups is 4. The predicted molar refractivity (Wildman–Crippen MR) is 395 cm³/mol. The molecule has 0 radical (unpaired) electrons. The predicted octanol–water partition coefficient (Wildman–Crippen LogP) is 22.7. The zero-order valence-corrected chi connectivity index (χ0v) is 64.7. The van der Waals surface area contributed by atoms with Gasteiger partial charge in [0.05, 0.1) is 26.4 Å². The molecule has 0 aliphatic carbocycles. The minimum absolute atomic E-state index is 0.101. The highest BCUT2D eigenvalue weighted by Gasteiger charge is 2.30. The smallest absolute Gasteiger partial charge is 0.462 e. The molecular weight excluding hydrogens is 1270 g/mol. The summed E-state index contributed by atoms with van der Waals surface area (Å²) in [6.07, 6.45) is 60.3. The lowest BCUT2D eigenvalue weighted by atomic mass is 10.0. The number of aliphatic hydroxyl groups excluding tert-OH is 1. The van der Waals surface area contributed by atoms with Crippen molar-refractivity contribution in [3.8, 4) is 0 Å². The molecule has 0 heterocycles. The monoisotopic (exact) mass is 1420 g/mol. The Morgan fingerprint density at radius 2 is 0.557 bits per heavy atom. The van der Waals surface area contributed by atoms with Crippen molar-refractivity contribution >= 4 is 39.5 Å². The molecule has 3 N–H and O–H groups in total. The van der Waals surface area contributed by atoms with Crippen molar-refractivity contribution in [2.45, 2.75) is 400 Å². The quantitative estimate of drug-likeness (QED) is 0.0169. The molecule has 0 aromatic rings. The highest BCUT2D eigenvalue weighted by Crippen LogP contribution is 2.45. The molecule has 0 bridgehead atoms. The van der Waals surface area contributed by atoms with Gasteiger partial charge in [-0.05, 0) is 63.2 Å². The zero-order chi connectivity index (χ0) is 71.4. The van der Waals surface area contributed by atoms with Gasteiger partial charge in [0.15, 0.2) is 12.2 Å². The lowest BCUT2D eigenvalue weighted by molar-refractivity contribution is -0.161. The molecule has 0 aliphatic rings. The maximum atomic E-state index is 13.1. The van der Waals surface area contributed by atoms with Crippen LogP contribution in [0.15, 0.2) is 24.3 Å². The first kappa shape index (κ1) is 94.5. The maximum absolute atomic E-state index is 13.1. The number of ether oxygens (including phenoxy) is 4. The van der Waals surface area contributed by atoms with Crippen molar-refractivity contribution in [3.63, 3.8) is 0 Å². The van der Waals surface area contributed by atoms with Crippen LogP contribution >= 0.6 is 15.6 Å². The summed E-state index contributed by atoms with van der Waals surface area (Å²) in [4.78, 5) is 72.9. The number of esters is 4. The van der Waals surface area contributed by atoms with Crippen LogP contribution in [-0.2, 0) is 65.4 Å². The average Bonchev–Trinajstić information content (AvgIpc) is 1.05. The topological polar surface area (TPSA) is 237 Å². The van der Waals surface area contributed by atoms with E-state index in [0.717, 1.165) is 121 Å². The maximum Gasteiger partial charge on any atom is 0.472 e. The number of rotatable bonds is 75. The Bertz CT molecular complexity index is 1970. The lowest BCUT2D eigenvalue weighted by Gasteiger charge is -2.21. The van der Waals surface area contributed by atoms with Crippen LogP contribution in [0.2, 0.25) is 0 Å². The summed E-state index contributed by atoms with van der Waals surface area (Å²) in [5.74, 6) is -0.574. The van der Waals surface area contributed by atoms with Gasteiger partial charge in [0.2, 0.25) is 0 Å². The molecule has 19 heteroatoms. The first-order chi connectivity index (χ1) is 46.9. The third kappa shape index (κ3) is 71.7. The van der Waals surface area contributed by atoms with Crippen LogP contribution in [0.1, 0.15) is 382 Å². The molecule has 5 atom stereocenters. The van der Waals surface area contributed by atoms with Gasteiger partial charge in [0.25, 0.3) is 0 Å². The second-order valence-electron chi connectivity index (χ2n) is 28.4. The standard InChI is InChI=1S/C78H148O17P2/c1-7-9-11-13-15-17-19-20-21-25-31-37-43-49-55-61-76(81)89-67-74(95-77(82)62-56-50-44-38-32-26-23-22-24-29-34-40-46-52-58-70(3)4)69-93-97(86,87)91-65-72(79)64-90-96(84,85)92-68-73(66-88-75(80)60-54-48-42-36-18-16-14-12-10-8-2)94-78(83)63-57-51-45-39-33-28-27-30-35-41-47-53-59-71(5)6/h17,19-21,70-74,79H,7-16,18,22-69H2,1-6H3,(H,84,85)(H,86,87)/b19-17-,21-20-/t72-,73+,74+/m0/s1. The normalized spacial score (nSPS) is 14.1. The lowest BCUT2D eigenvalue weighted by Crippen LogP contribution is -2.30. The number of carbonyl (C=O) groups excluding carboxylic acids is 4. The molecule has 0 rings (SSSR count). The Labute approximate surface area is 592 Å². The van der Waals surface area contributed by atoms with Gasteiger partial charge in [-0.1, -0.05) is 329 Å². The molecule has 0 saturated carbocycles. The summed E-state index contributed by atoms with van der Waals surface area (Å²) in [5, 5.41) is 10.6. The van der Waals surface area contributed by atoms with E-state index in [2.05, 4.69) is 65.8 Å². The minimum Gasteiger partial charge on any atom is -0.462 e. The number of hydrogen-bond acceptors (Lipinski definition) is 15. The first-order valence-electron chi connectivity index (χ1n) is 39.8. The van der Waals surface area contributed by atoms with E-state index >= 15 is 0 Å². The molecule has 97 heavy (non-hydrogen) atoms. The van der Waals surface area contributed by atoms with Crippen molar-refractivity contribution in [2.75, 3.05) is 39.6 Å². The van der Waals surface area contributed by atoms with Gasteiger partial charge in [-0.25, -0.2) is 9.13 Å². The average molecular weight is 1420 g/mol. The molecular formula is C78H148O17P2. The minimum atomic E-state index is -4.97. The Balaban J connectivity index is 5.28. The number of hydrogen-bond donors (Lipinski definition) is 3. The molecule has 0 aromatic carbocycles. The number of unbranched alkanes of at least 4 members (excludes halogenated alkanes) is 42. The Kier molecular flexibility index (Phi) is 67.5. The number of phosphoric ester groups is 2. The summed E-state index contributed by atoms with van der Waals surface area (Å²) in [6.45, 7) is 9.57. The van der Waals surface area contributed by atoms with Gasteiger partial charge in [0.1, 0.15) is 19.3 Å². The van der Waals surface area contributed by atoms with E-state index in [9.17, 15) is 43.2 Å². The Morgan fingerprint density at radius 3 is 0.845 bits per heavy atom. The summed E-state index contributed by atoms with van der Waals surface area (Å²) < 4.78 is 68.6. The van der Waals surface area contributed by atoms with Gasteiger partial charge in [0, 0.05) is 25.7 Å². The van der Waals surface area contributed by atoms with E-state index in [1.807, 2.05) is 0 Å². The van der Waals surface area contributed by atoms with Gasteiger partial charge in [-0.2, -0.15) is 0 Å². The van der Waals surface area contributed by atoms with Crippen LogP contribution in [-0.4, -0.2) is 96.7 Å². The van der Waals surface area contributed by atoms with E-state index in [0.29, 0.717) is 25.7 Å². The third-order valence-corrected chi connectivity index (χ3v) is 19.5. The molecule has 0 fully saturated rings. The van der Waals surface area contributed by atoms with Crippen LogP contribution in [0, 0.1) is 11.8 Å². The van der Waals surface area contributed by atoms with Crippen molar-refractivity contribution in [1.82, 2.24) is 0 Å². The molecule has 2 unspecified atom stereocenters. The fourth-order valence-electron chi connectivity index (χ4n) is 11.5. The highest BCUT2D eigenvalue weighted by molar-refractivity contribution is 7.47. The second kappa shape index (κ2) is 69.3. The van der Waals surface area contributed by atoms with Gasteiger partial charge < -0.3 is 33.8 Å². The van der Waals surface area contributed by atoms with Gasteiger partial charge in [-0.15, -0.1) is 0 Å². The Morgan fingerprint density at radius 1 is 0.320 bits per heavy atom. The van der Waals surface area contributed by atoms with E-state index in [4.69, 9.17) is 37.0 Å². The van der Waals surface area contributed by atoms with Crippen molar-refractivity contribution < 1.29 is 80.2 Å². The van der Waals surface area contributed by atoms with Crippen molar-refractivity contribution in [1.29, 1.82) is 0 Å². The summed E-state index contributed by atoms with van der Waals surface area (Å²) in [6, 6.07) is 0. The SMILES string of the molecule is CCCCCC/C=C\C=C/CCCCCCCC(=O)OC[C@H](COP(=O)(O)OC[C@@H](O)COP(=O)(O)OC[C@@H](COC(=O)CCCCCCCCCCCC)OC(=O)CCCCCCCCCCCCCCC(C)C)OC(=O)CCCCCCCCCCCCCCCCC(C)C. The van der Waals surface area contributed by atoms with Crippen LogP contribution in [0.3, 0.4) is 0 Å². The van der Waals surface area contributed by atoms with Crippen LogP contribution in [0.25, 0.3) is 0 Å². The van der Waals surface area contributed by atoms with Gasteiger partial charge in [-0.3, -0.25) is 37.3 Å². The largest absolute Gasteiger partial charge is 0.472 e. The van der Waals surface area contributed by atoms with Crippen LogP contribution < -0.4 is 0 Å². The fourth-order valence-corrected chi connectivity index (χ4v) is 13.0. The fraction of sp³-hybridized carbons (Fsp3) is 0.897. The molecule has 0 amide bonds. The first-order valence-corrected chi connectivity index (χ1v) is 42.8. The van der Waals surface area contributed by atoms with Crippen LogP contribution in [0.5, 0.6) is 0 Å². The second-order valence-corrected chi connectivity index (χ2v) is 31.3. The number of phosphoric acid groups is 2. The van der Waals surface area contributed by atoms with Crippen molar-refractivity contribution in [2.24, 2.45) is 11.8 Å². The van der Waals surface area contributed by atoms with E-state index in [1.54, 1.807) is 0 Å². The molecule has 17 nitrogen and oxygen atoms in total. The van der Waals surface area contributed by atoms with E-state index in [-0.39, 0.29) is 25.7 Å². The van der Waals surface area contributed by atoms with E-state index in [1.165, 1.54) is 180 Å². The van der Waals surface area contributed by atoms with Gasteiger partial charge >= 0.3 is 39.5 Å². The Hall–Kier alpha value is -2.46. The summed E-state index contributed by atoms with van der Waals surface area (Å²) in [7, 11) is -9.93. The molecule has 0 aromatic heterocycles. The van der Waals surface area contributed by atoms with Crippen molar-refractivity contribution in [3.05, 3.63) is 24.3 Å². The third-order valence-electron chi connectivity index (χ3n) is 17.6. The zero-order valence-electron chi connectivity index (χ0n) is 62.9. The van der Waals surface area contributed by atoms with E-state index < -0.39 is 97.5 Å². The highest BCUT2D eigenvalue weighted by atomic mass is 31.2.